The highest BCUT2D eigenvalue weighted by molar-refractivity contribution is 6.30. The lowest BCUT2D eigenvalue weighted by Gasteiger charge is -2.08. The van der Waals surface area contributed by atoms with Crippen LogP contribution in [0.25, 0.3) is 0 Å². The molecule has 0 unspecified atom stereocenters. The van der Waals surface area contributed by atoms with E-state index in [1.807, 2.05) is 12.1 Å². The Bertz CT molecular complexity index is 976. The number of nitrogens with one attached hydrogen (secondary N) is 2. The van der Waals surface area contributed by atoms with Gasteiger partial charge in [-0.2, -0.15) is 0 Å². The van der Waals surface area contributed by atoms with E-state index in [0.29, 0.717) is 22.8 Å². The van der Waals surface area contributed by atoms with E-state index in [9.17, 15) is 9.59 Å². The zero-order valence-corrected chi connectivity index (χ0v) is 15.7. The molecule has 3 aromatic rings. The molecule has 1 aromatic heterocycles. The van der Waals surface area contributed by atoms with Crippen LogP contribution in [0.2, 0.25) is 5.02 Å². The van der Waals surface area contributed by atoms with Crippen molar-refractivity contribution in [2.45, 2.75) is 6.54 Å². The van der Waals surface area contributed by atoms with Crippen molar-refractivity contribution in [1.29, 1.82) is 0 Å². The molecule has 1 amide bonds. The van der Waals surface area contributed by atoms with Gasteiger partial charge in [0.2, 0.25) is 5.95 Å². The third kappa shape index (κ3) is 5.05. The van der Waals surface area contributed by atoms with Crippen LogP contribution >= 0.6 is 11.6 Å². The molecule has 0 bridgehead atoms. The summed E-state index contributed by atoms with van der Waals surface area (Å²) in [6, 6.07) is 15.4. The van der Waals surface area contributed by atoms with Crippen molar-refractivity contribution in [3.8, 4) is 0 Å². The molecule has 8 heteroatoms. The van der Waals surface area contributed by atoms with E-state index in [1.165, 1.54) is 19.4 Å². The van der Waals surface area contributed by atoms with E-state index in [-0.39, 0.29) is 17.5 Å². The molecule has 142 valence electrons. The summed E-state index contributed by atoms with van der Waals surface area (Å²) in [4.78, 5) is 32.1. The Morgan fingerprint density at radius 3 is 2.43 bits per heavy atom. The van der Waals surface area contributed by atoms with E-state index in [4.69, 9.17) is 11.6 Å². The molecule has 3 rings (SSSR count). The van der Waals surface area contributed by atoms with Crippen LogP contribution < -0.4 is 10.6 Å². The van der Waals surface area contributed by atoms with Crippen LogP contribution in [0.5, 0.6) is 0 Å². The number of nitrogens with zero attached hydrogens (tertiary/aromatic N) is 2. The van der Waals surface area contributed by atoms with Gasteiger partial charge in [-0.25, -0.2) is 14.8 Å². The summed E-state index contributed by atoms with van der Waals surface area (Å²) in [6.45, 7) is 0.359. The van der Waals surface area contributed by atoms with E-state index in [2.05, 4.69) is 25.3 Å². The number of amides is 1. The van der Waals surface area contributed by atoms with Gasteiger partial charge in [-0.15, -0.1) is 0 Å². The van der Waals surface area contributed by atoms with Crippen LogP contribution in [-0.2, 0) is 11.3 Å². The number of esters is 1. The second kappa shape index (κ2) is 8.96. The van der Waals surface area contributed by atoms with Crippen molar-refractivity contribution in [3.63, 3.8) is 0 Å². The first kappa shape index (κ1) is 19.3. The Labute approximate surface area is 166 Å². The number of benzene rings is 2. The highest BCUT2D eigenvalue weighted by Crippen LogP contribution is 2.15. The van der Waals surface area contributed by atoms with Crippen molar-refractivity contribution in [3.05, 3.63) is 82.6 Å². The lowest BCUT2D eigenvalue weighted by molar-refractivity contribution is 0.0600. The smallest absolute Gasteiger partial charge is 0.337 e. The maximum Gasteiger partial charge on any atom is 0.337 e. The Kier molecular flexibility index (Phi) is 6.18. The van der Waals surface area contributed by atoms with Crippen molar-refractivity contribution in [2.24, 2.45) is 0 Å². The van der Waals surface area contributed by atoms with Gasteiger partial charge < -0.3 is 15.4 Å². The van der Waals surface area contributed by atoms with Crippen molar-refractivity contribution in [2.75, 3.05) is 12.4 Å². The number of halogens is 1. The summed E-state index contributed by atoms with van der Waals surface area (Å²) < 4.78 is 4.66. The van der Waals surface area contributed by atoms with Gasteiger partial charge in [-0.3, -0.25) is 4.79 Å². The Morgan fingerprint density at radius 1 is 1.04 bits per heavy atom. The van der Waals surface area contributed by atoms with Crippen molar-refractivity contribution < 1.29 is 14.3 Å². The molecule has 28 heavy (non-hydrogen) atoms. The number of anilines is 2. The number of ether oxygens (including phenoxy) is 1. The molecule has 0 atom stereocenters. The van der Waals surface area contributed by atoms with Crippen molar-refractivity contribution in [1.82, 2.24) is 15.3 Å². The Balaban J connectivity index is 1.63. The van der Waals surface area contributed by atoms with Gasteiger partial charge in [0.25, 0.3) is 5.91 Å². The van der Waals surface area contributed by atoms with Gasteiger partial charge in [-0.1, -0.05) is 23.7 Å². The van der Waals surface area contributed by atoms with Crippen LogP contribution in [0.15, 0.2) is 60.8 Å². The second-order valence-corrected chi connectivity index (χ2v) is 6.20. The second-order valence-electron chi connectivity index (χ2n) is 5.77. The van der Waals surface area contributed by atoms with Gasteiger partial charge in [-0.05, 0) is 48.0 Å². The molecule has 0 radical (unpaired) electrons. The van der Waals surface area contributed by atoms with Crippen LogP contribution in [0.4, 0.5) is 11.6 Å². The highest BCUT2D eigenvalue weighted by atomic mass is 35.5. The monoisotopic (exact) mass is 396 g/mol. The lowest BCUT2D eigenvalue weighted by Crippen LogP contribution is -2.24. The SMILES string of the molecule is COC(=O)c1ccc(Nc2nccc(C(=O)NCc3ccc(Cl)cc3)n2)cc1. The van der Waals surface area contributed by atoms with E-state index < -0.39 is 5.97 Å². The van der Waals surface area contributed by atoms with Gasteiger partial charge >= 0.3 is 5.97 Å². The number of carbonyl (C=O) groups is 2. The lowest BCUT2D eigenvalue weighted by atomic mass is 10.2. The van der Waals surface area contributed by atoms with Crippen LogP contribution in [0, 0.1) is 0 Å². The molecule has 0 spiro atoms. The molecular formula is C20H17ClN4O3. The summed E-state index contributed by atoms with van der Waals surface area (Å²) in [5, 5.41) is 6.44. The quantitative estimate of drug-likeness (QED) is 0.618. The predicted octanol–water partition coefficient (Wildman–Crippen LogP) is 3.59. The van der Waals surface area contributed by atoms with Crippen LogP contribution in [0.3, 0.4) is 0 Å². The summed E-state index contributed by atoms with van der Waals surface area (Å²) >= 11 is 5.85. The zero-order chi connectivity index (χ0) is 19.9. The number of aromatic nitrogens is 2. The van der Waals surface area contributed by atoms with Crippen LogP contribution in [-0.4, -0.2) is 29.0 Å². The molecular weight excluding hydrogens is 380 g/mol. The number of rotatable bonds is 6. The Hall–Kier alpha value is -3.45. The highest BCUT2D eigenvalue weighted by Gasteiger charge is 2.10. The average molecular weight is 397 g/mol. The predicted molar refractivity (Wildman–Crippen MR) is 106 cm³/mol. The minimum Gasteiger partial charge on any atom is -0.465 e. The van der Waals surface area contributed by atoms with Gasteiger partial charge in [0.05, 0.1) is 12.7 Å². The number of hydrogen-bond donors (Lipinski definition) is 2. The largest absolute Gasteiger partial charge is 0.465 e. The molecule has 0 aliphatic rings. The van der Waals surface area contributed by atoms with Gasteiger partial charge in [0, 0.05) is 23.5 Å². The standard InChI is InChI=1S/C20H17ClN4O3/c1-28-19(27)14-4-8-16(9-5-14)24-20-22-11-10-17(25-20)18(26)23-12-13-2-6-15(21)7-3-13/h2-11H,12H2,1H3,(H,23,26)(H,22,24,25). The van der Waals surface area contributed by atoms with E-state index in [0.717, 1.165) is 5.56 Å². The maximum absolute atomic E-state index is 12.3. The zero-order valence-electron chi connectivity index (χ0n) is 15.0. The van der Waals surface area contributed by atoms with E-state index >= 15 is 0 Å². The minimum absolute atomic E-state index is 0.234. The van der Waals surface area contributed by atoms with Crippen LogP contribution in [0.1, 0.15) is 26.4 Å². The number of methoxy groups -OCH3 is 1. The van der Waals surface area contributed by atoms with Crippen molar-refractivity contribution >= 4 is 35.1 Å². The summed E-state index contributed by atoms with van der Waals surface area (Å²) in [7, 11) is 1.33. The summed E-state index contributed by atoms with van der Waals surface area (Å²) in [5.41, 5.74) is 2.27. The summed E-state index contributed by atoms with van der Waals surface area (Å²) in [6.07, 6.45) is 1.50. The average Bonchev–Trinajstić information content (AvgIpc) is 2.73. The minimum atomic E-state index is -0.415. The molecule has 7 nitrogen and oxygen atoms in total. The van der Waals surface area contributed by atoms with Gasteiger partial charge in [0.1, 0.15) is 5.69 Å². The van der Waals surface area contributed by atoms with Gasteiger partial charge in [0.15, 0.2) is 0 Å². The molecule has 1 heterocycles. The molecule has 0 saturated heterocycles. The fraction of sp³-hybridized carbons (Fsp3) is 0.100. The summed E-state index contributed by atoms with van der Waals surface area (Å²) in [5.74, 6) is -0.464. The third-order valence-corrected chi connectivity index (χ3v) is 4.07. The molecule has 0 fully saturated rings. The first-order chi connectivity index (χ1) is 13.5. The fourth-order valence-electron chi connectivity index (χ4n) is 2.36. The fourth-order valence-corrected chi connectivity index (χ4v) is 2.48. The van der Waals surface area contributed by atoms with E-state index in [1.54, 1.807) is 36.4 Å². The molecule has 0 saturated carbocycles. The first-order valence-corrected chi connectivity index (χ1v) is 8.74. The molecule has 0 aliphatic carbocycles. The number of carbonyl (C=O) groups excluding carboxylic acids is 2. The molecule has 0 aliphatic heterocycles. The normalized spacial score (nSPS) is 10.2. The molecule has 2 aromatic carbocycles. The topological polar surface area (TPSA) is 93.2 Å². The maximum atomic E-state index is 12.3. The first-order valence-electron chi connectivity index (χ1n) is 8.36. The molecule has 2 N–H and O–H groups in total. The Morgan fingerprint density at radius 2 is 1.75 bits per heavy atom. The third-order valence-electron chi connectivity index (χ3n) is 3.82. The number of hydrogen-bond acceptors (Lipinski definition) is 6.